The molecule has 1 N–H and O–H groups in total. The Balaban J connectivity index is 2.47. The molecule has 0 aliphatic heterocycles. The molecule has 4 nitrogen and oxygen atoms in total. The number of benzene rings is 1. The van der Waals surface area contributed by atoms with Crippen molar-refractivity contribution in [3.05, 3.63) is 21.1 Å². The van der Waals surface area contributed by atoms with Gasteiger partial charge in [-0.05, 0) is 56.8 Å². The predicted molar refractivity (Wildman–Crippen MR) is 75.4 cm³/mol. The van der Waals surface area contributed by atoms with E-state index in [9.17, 15) is 4.79 Å². The Kier molecular flexibility index (Phi) is 6.49. The summed E-state index contributed by atoms with van der Waals surface area (Å²) in [4.78, 5) is 10.3. The lowest BCUT2D eigenvalue weighted by Crippen LogP contribution is -2.01. The third-order valence-electron chi connectivity index (χ3n) is 2.25. The van der Waals surface area contributed by atoms with E-state index in [0.29, 0.717) is 25.2 Å². The maximum atomic E-state index is 10.3. The smallest absolute Gasteiger partial charge is 0.303 e. The lowest BCUT2D eigenvalue weighted by Gasteiger charge is -2.10. The highest BCUT2D eigenvalue weighted by molar-refractivity contribution is 9.11. The van der Waals surface area contributed by atoms with Crippen molar-refractivity contribution in [1.82, 2.24) is 0 Å². The van der Waals surface area contributed by atoms with Gasteiger partial charge in [0, 0.05) is 6.42 Å². The van der Waals surface area contributed by atoms with Crippen LogP contribution in [0, 0.1) is 0 Å². The van der Waals surface area contributed by atoms with E-state index < -0.39 is 5.97 Å². The number of rotatable bonds is 7. The second-order valence-corrected chi connectivity index (χ2v) is 5.33. The van der Waals surface area contributed by atoms with Crippen LogP contribution in [0.25, 0.3) is 0 Å². The van der Waals surface area contributed by atoms with Gasteiger partial charge >= 0.3 is 5.97 Å². The summed E-state index contributed by atoms with van der Waals surface area (Å²) in [5.41, 5.74) is 0. The Morgan fingerprint density at radius 1 is 1.22 bits per heavy atom. The van der Waals surface area contributed by atoms with Gasteiger partial charge in [0.15, 0.2) is 0 Å². The monoisotopic (exact) mass is 380 g/mol. The molecule has 0 heterocycles. The van der Waals surface area contributed by atoms with Crippen LogP contribution in [0.2, 0.25) is 0 Å². The van der Waals surface area contributed by atoms with Crippen molar-refractivity contribution in [2.24, 2.45) is 0 Å². The lowest BCUT2D eigenvalue weighted by molar-refractivity contribution is -0.137. The summed E-state index contributed by atoms with van der Waals surface area (Å²) in [6.45, 7) is 0.491. The molecule has 0 spiro atoms. The van der Waals surface area contributed by atoms with Gasteiger partial charge in [-0.25, -0.2) is 0 Å². The third kappa shape index (κ3) is 4.86. The topological polar surface area (TPSA) is 55.8 Å². The Hall–Kier alpha value is -0.750. The van der Waals surface area contributed by atoms with Crippen LogP contribution in [-0.4, -0.2) is 24.8 Å². The van der Waals surface area contributed by atoms with Crippen molar-refractivity contribution in [2.45, 2.75) is 19.3 Å². The standard InChI is InChI=1S/C12H14Br2O4/c1-17-10-6-9(14)11(7-8(10)13)18-5-3-2-4-12(15)16/h6-7H,2-5H2,1H3,(H,15,16). The van der Waals surface area contributed by atoms with Gasteiger partial charge in [-0.15, -0.1) is 0 Å². The molecule has 0 bridgehead atoms. The van der Waals surface area contributed by atoms with E-state index in [0.717, 1.165) is 14.7 Å². The van der Waals surface area contributed by atoms with Crippen LogP contribution in [0.3, 0.4) is 0 Å². The highest BCUT2D eigenvalue weighted by atomic mass is 79.9. The number of ether oxygens (including phenoxy) is 2. The number of hydrogen-bond acceptors (Lipinski definition) is 3. The first-order valence-corrected chi connectivity index (χ1v) is 7.01. The van der Waals surface area contributed by atoms with Crippen LogP contribution >= 0.6 is 31.9 Å². The quantitative estimate of drug-likeness (QED) is 0.728. The van der Waals surface area contributed by atoms with E-state index >= 15 is 0 Å². The van der Waals surface area contributed by atoms with E-state index in [1.54, 1.807) is 7.11 Å². The summed E-state index contributed by atoms with van der Waals surface area (Å²) in [5.74, 6) is 0.654. The first kappa shape index (κ1) is 15.3. The van der Waals surface area contributed by atoms with Crippen molar-refractivity contribution in [2.75, 3.05) is 13.7 Å². The highest BCUT2D eigenvalue weighted by Crippen LogP contribution is 2.36. The molecule has 0 atom stereocenters. The average Bonchev–Trinajstić information content (AvgIpc) is 2.32. The van der Waals surface area contributed by atoms with Gasteiger partial charge in [0.2, 0.25) is 0 Å². The first-order valence-electron chi connectivity index (χ1n) is 5.42. The van der Waals surface area contributed by atoms with Gasteiger partial charge in [0.1, 0.15) is 11.5 Å². The summed E-state index contributed by atoms with van der Waals surface area (Å²) in [6, 6.07) is 3.64. The molecule has 0 fully saturated rings. The predicted octanol–water partition coefficient (Wildman–Crippen LogP) is 3.85. The first-order chi connectivity index (χ1) is 8.54. The van der Waals surface area contributed by atoms with Crippen molar-refractivity contribution in [3.63, 3.8) is 0 Å². The molecule has 1 rings (SSSR count). The molecule has 0 amide bonds. The number of carboxylic acids is 1. The van der Waals surface area contributed by atoms with Crippen molar-refractivity contribution < 1.29 is 19.4 Å². The molecular formula is C12H14Br2O4. The number of unbranched alkanes of at least 4 members (excludes halogenated alkanes) is 1. The van der Waals surface area contributed by atoms with Gasteiger partial charge in [0.05, 0.1) is 22.7 Å². The molecular weight excluding hydrogens is 368 g/mol. The minimum atomic E-state index is -0.775. The number of hydrogen-bond donors (Lipinski definition) is 1. The average molecular weight is 382 g/mol. The molecule has 6 heteroatoms. The normalized spacial score (nSPS) is 10.2. The van der Waals surface area contributed by atoms with Gasteiger partial charge < -0.3 is 14.6 Å². The largest absolute Gasteiger partial charge is 0.496 e. The number of methoxy groups -OCH3 is 1. The van der Waals surface area contributed by atoms with E-state index in [4.69, 9.17) is 14.6 Å². The number of carbonyl (C=O) groups is 1. The molecule has 0 saturated heterocycles. The fourth-order valence-electron chi connectivity index (χ4n) is 1.34. The minimum absolute atomic E-state index is 0.177. The molecule has 0 aliphatic carbocycles. The molecule has 0 aliphatic rings. The Labute approximate surface area is 123 Å². The molecule has 100 valence electrons. The molecule has 0 radical (unpaired) electrons. The van der Waals surface area contributed by atoms with Crippen LogP contribution < -0.4 is 9.47 Å². The van der Waals surface area contributed by atoms with Crippen molar-refractivity contribution in [3.8, 4) is 11.5 Å². The maximum Gasteiger partial charge on any atom is 0.303 e. The van der Waals surface area contributed by atoms with Crippen LogP contribution in [0.15, 0.2) is 21.1 Å². The van der Waals surface area contributed by atoms with Crippen LogP contribution in [0.1, 0.15) is 19.3 Å². The van der Waals surface area contributed by atoms with Crippen LogP contribution in [-0.2, 0) is 4.79 Å². The maximum absolute atomic E-state index is 10.3. The Morgan fingerprint density at radius 3 is 2.44 bits per heavy atom. The SMILES string of the molecule is COc1cc(Br)c(OCCCCC(=O)O)cc1Br. The molecule has 0 aromatic heterocycles. The molecule has 18 heavy (non-hydrogen) atoms. The van der Waals surface area contributed by atoms with E-state index in [1.165, 1.54) is 0 Å². The lowest BCUT2D eigenvalue weighted by atomic mass is 10.2. The fourth-order valence-corrected chi connectivity index (χ4v) is 2.26. The summed E-state index contributed by atoms with van der Waals surface area (Å²) < 4.78 is 12.3. The molecule has 0 saturated carbocycles. The second-order valence-electron chi connectivity index (χ2n) is 3.62. The fraction of sp³-hybridized carbons (Fsp3) is 0.417. The van der Waals surface area contributed by atoms with E-state index in [1.807, 2.05) is 12.1 Å². The summed E-state index contributed by atoms with van der Waals surface area (Å²) >= 11 is 6.77. The van der Waals surface area contributed by atoms with Gasteiger partial charge in [-0.2, -0.15) is 0 Å². The van der Waals surface area contributed by atoms with Crippen LogP contribution in [0.5, 0.6) is 11.5 Å². The summed E-state index contributed by atoms with van der Waals surface area (Å²) in [7, 11) is 1.60. The zero-order chi connectivity index (χ0) is 13.5. The van der Waals surface area contributed by atoms with Gasteiger partial charge in [0.25, 0.3) is 0 Å². The van der Waals surface area contributed by atoms with Crippen LogP contribution in [0.4, 0.5) is 0 Å². The summed E-state index contributed by atoms with van der Waals surface area (Å²) in [5, 5.41) is 8.50. The van der Waals surface area contributed by atoms with Crippen molar-refractivity contribution >= 4 is 37.8 Å². The van der Waals surface area contributed by atoms with Gasteiger partial charge in [-0.3, -0.25) is 4.79 Å². The Bertz CT molecular complexity index is 421. The van der Waals surface area contributed by atoms with E-state index in [-0.39, 0.29) is 6.42 Å². The zero-order valence-electron chi connectivity index (χ0n) is 9.91. The summed E-state index contributed by atoms with van der Waals surface area (Å²) in [6.07, 6.45) is 1.50. The number of halogens is 2. The molecule has 1 aromatic carbocycles. The zero-order valence-corrected chi connectivity index (χ0v) is 13.1. The second kappa shape index (κ2) is 7.63. The van der Waals surface area contributed by atoms with Crippen molar-refractivity contribution in [1.29, 1.82) is 0 Å². The molecule has 0 unspecified atom stereocenters. The third-order valence-corrected chi connectivity index (χ3v) is 3.49. The number of carboxylic acid groups (broad SMARTS) is 1. The van der Waals surface area contributed by atoms with E-state index in [2.05, 4.69) is 31.9 Å². The van der Waals surface area contributed by atoms with Gasteiger partial charge in [-0.1, -0.05) is 0 Å². The number of aliphatic carboxylic acids is 1. The highest BCUT2D eigenvalue weighted by Gasteiger charge is 2.08. The minimum Gasteiger partial charge on any atom is -0.496 e. The molecule has 1 aromatic rings. The Morgan fingerprint density at radius 2 is 1.83 bits per heavy atom.